The lowest BCUT2D eigenvalue weighted by Gasteiger charge is -2.09. The minimum atomic E-state index is -3.55. The van der Waals surface area contributed by atoms with Crippen LogP contribution in [0.25, 0.3) is 0 Å². The van der Waals surface area contributed by atoms with Crippen molar-refractivity contribution in [2.45, 2.75) is 6.92 Å². The summed E-state index contributed by atoms with van der Waals surface area (Å²) in [7, 11) is -3.55. The topological polar surface area (TPSA) is 109 Å². The summed E-state index contributed by atoms with van der Waals surface area (Å²) in [5.41, 5.74) is 6.00. The second-order valence-corrected chi connectivity index (χ2v) is 4.99. The summed E-state index contributed by atoms with van der Waals surface area (Å²) in [5, 5.41) is 8.72. The Bertz CT molecular complexity index is 510. The first-order valence-corrected chi connectivity index (χ1v) is 6.05. The van der Waals surface area contributed by atoms with Gasteiger partial charge in [-0.15, -0.1) is 0 Å². The number of nitrogens with two attached hydrogens (primary N) is 1. The summed E-state index contributed by atoms with van der Waals surface area (Å²) in [6, 6.07) is 4.10. The fraction of sp³-hybridized carbons (Fsp3) is 0.222. The highest BCUT2D eigenvalue weighted by Crippen LogP contribution is 2.17. The molecule has 1 aromatic carbocycles. The highest BCUT2D eigenvalue weighted by Gasteiger charge is 2.10. The molecular formula is C9H12N2O4S. The number of nitrogens with one attached hydrogen (secondary N) is 1. The lowest BCUT2D eigenvalue weighted by atomic mass is 10.1. The van der Waals surface area contributed by atoms with E-state index in [1.165, 1.54) is 18.2 Å². The third-order valence-electron chi connectivity index (χ3n) is 1.96. The molecule has 0 aliphatic carbocycles. The van der Waals surface area contributed by atoms with Crippen LogP contribution in [-0.4, -0.2) is 25.4 Å². The van der Waals surface area contributed by atoms with Crippen molar-refractivity contribution in [3.8, 4) is 0 Å². The normalized spacial score (nSPS) is 11.1. The van der Waals surface area contributed by atoms with Crippen LogP contribution < -0.4 is 10.5 Å². The molecule has 0 radical (unpaired) electrons. The minimum Gasteiger partial charge on any atom is -0.478 e. The number of sulfonamides is 1. The van der Waals surface area contributed by atoms with Crippen LogP contribution in [0.4, 0.5) is 5.69 Å². The number of hydrogen-bond acceptors (Lipinski definition) is 4. The van der Waals surface area contributed by atoms with Crippen LogP contribution >= 0.6 is 0 Å². The van der Waals surface area contributed by atoms with Gasteiger partial charge in [0, 0.05) is 0 Å². The van der Waals surface area contributed by atoms with Crippen LogP contribution in [0, 0.1) is 6.92 Å². The zero-order chi connectivity index (χ0) is 12.3. The van der Waals surface area contributed by atoms with Crippen LogP contribution in [0.2, 0.25) is 0 Å². The largest absolute Gasteiger partial charge is 0.478 e. The van der Waals surface area contributed by atoms with Crippen LogP contribution in [-0.2, 0) is 10.0 Å². The number of carboxylic acids is 1. The number of benzene rings is 1. The van der Waals surface area contributed by atoms with E-state index in [1.807, 2.05) is 0 Å². The van der Waals surface area contributed by atoms with Gasteiger partial charge in [-0.3, -0.25) is 4.72 Å². The summed E-state index contributed by atoms with van der Waals surface area (Å²) in [4.78, 5) is 10.6. The van der Waals surface area contributed by atoms with E-state index in [9.17, 15) is 13.2 Å². The Morgan fingerprint density at radius 2 is 2.12 bits per heavy atom. The fourth-order valence-electron chi connectivity index (χ4n) is 1.12. The van der Waals surface area contributed by atoms with Crippen LogP contribution in [0.3, 0.4) is 0 Å². The number of hydrogen-bond donors (Lipinski definition) is 3. The molecule has 0 aliphatic heterocycles. The molecule has 88 valence electrons. The zero-order valence-corrected chi connectivity index (χ0v) is 9.41. The Labute approximate surface area is 93.1 Å². The quantitative estimate of drug-likeness (QED) is 0.708. The second kappa shape index (κ2) is 4.50. The van der Waals surface area contributed by atoms with Gasteiger partial charge in [-0.1, -0.05) is 0 Å². The Hall–Kier alpha value is -1.60. The van der Waals surface area contributed by atoms with Gasteiger partial charge in [-0.2, -0.15) is 0 Å². The molecule has 0 fully saturated rings. The van der Waals surface area contributed by atoms with E-state index in [-0.39, 0.29) is 5.56 Å². The summed E-state index contributed by atoms with van der Waals surface area (Å²) in [6.07, 6.45) is 0. The minimum absolute atomic E-state index is 0.105. The van der Waals surface area contributed by atoms with Crippen molar-refractivity contribution in [1.82, 2.24) is 0 Å². The Balaban J connectivity index is 3.05. The molecule has 0 aliphatic rings. The predicted octanol–water partition coefficient (Wildman–Crippen LogP) is 0.351. The highest BCUT2D eigenvalue weighted by atomic mass is 32.2. The van der Waals surface area contributed by atoms with Crippen molar-refractivity contribution in [3.05, 3.63) is 29.3 Å². The van der Waals surface area contributed by atoms with E-state index in [2.05, 4.69) is 4.72 Å². The van der Waals surface area contributed by atoms with Gasteiger partial charge in [-0.25, -0.2) is 13.2 Å². The van der Waals surface area contributed by atoms with Crippen molar-refractivity contribution >= 4 is 21.7 Å². The van der Waals surface area contributed by atoms with E-state index >= 15 is 0 Å². The lowest BCUT2D eigenvalue weighted by Crippen LogP contribution is -2.22. The van der Waals surface area contributed by atoms with Gasteiger partial charge in [0.05, 0.1) is 11.3 Å². The van der Waals surface area contributed by atoms with Gasteiger partial charge in [0.1, 0.15) is 5.88 Å². The van der Waals surface area contributed by atoms with Crippen molar-refractivity contribution in [2.24, 2.45) is 5.73 Å². The van der Waals surface area contributed by atoms with Crippen molar-refractivity contribution in [1.29, 1.82) is 0 Å². The molecule has 0 aromatic heterocycles. The molecule has 7 heteroatoms. The fourth-order valence-corrected chi connectivity index (χ4v) is 1.77. The first-order valence-electron chi connectivity index (χ1n) is 4.40. The summed E-state index contributed by atoms with van der Waals surface area (Å²) >= 11 is 0. The van der Waals surface area contributed by atoms with Gasteiger partial charge in [0.15, 0.2) is 0 Å². The average Bonchev–Trinajstić information content (AvgIpc) is 2.20. The van der Waals surface area contributed by atoms with Gasteiger partial charge in [0.25, 0.3) is 0 Å². The lowest BCUT2D eigenvalue weighted by molar-refractivity contribution is 0.0697. The average molecular weight is 244 g/mol. The van der Waals surface area contributed by atoms with E-state index < -0.39 is 21.9 Å². The second-order valence-electron chi connectivity index (χ2n) is 3.22. The number of anilines is 1. The van der Waals surface area contributed by atoms with Crippen molar-refractivity contribution in [3.63, 3.8) is 0 Å². The first-order chi connectivity index (χ1) is 7.35. The number of carbonyl (C=O) groups is 1. The molecule has 0 saturated heterocycles. The third-order valence-corrected chi connectivity index (χ3v) is 2.93. The molecule has 0 heterocycles. The molecule has 4 N–H and O–H groups in total. The smallest absolute Gasteiger partial charge is 0.335 e. The molecule has 0 saturated carbocycles. The van der Waals surface area contributed by atoms with Gasteiger partial charge in [0.2, 0.25) is 10.0 Å². The molecule has 0 bridgehead atoms. The molecule has 0 amide bonds. The predicted molar refractivity (Wildman–Crippen MR) is 59.7 cm³/mol. The van der Waals surface area contributed by atoms with E-state index in [0.717, 1.165) is 0 Å². The zero-order valence-electron chi connectivity index (χ0n) is 8.60. The van der Waals surface area contributed by atoms with Crippen LogP contribution in [0.1, 0.15) is 15.9 Å². The summed E-state index contributed by atoms with van der Waals surface area (Å²) < 4.78 is 24.6. The van der Waals surface area contributed by atoms with Gasteiger partial charge >= 0.3 is 5.97 Å². The molecule has 6 nitrogen and oxygen atoms in total. The van der Waals surface area contributed by atoms with E-state index in [0.29, 0.717) is 11.3 Å². The van der Waals surface area contributed by atoms with Gasteiger partial charge < -0.3 is 10.8 Å². The van der Waals surface area contributed by atoms with E-state index in [4.69, 9.17) is 10.8 Å². The SMILES string of the molecule is Cc1cc(C(=O)O)ccc1NS(=O)(=O)CN. The number of rotatable bonds is 4. The highest BCUT2D eigenvalue weighted by molar-refractivity contribution is 7.92. The van der Waals surface area contributed by atoms with Gasteiger partial charge in [-0.05, 0) is 30.7 Å². The Morgan fingerprint density at radius 1 is 1.50 bits per heavy atom. The maximum Gasteiger partial charge on any atom is 0.335 e. The molecule has 0 atom stereocenters. The van der Waals surface area contributed by atoms with Crippen molar-refractivity contribution < 1.29 is 18.3 Å². The number of aromatic carboxylic acids is 1. The van der Waals surface area contributed by atoms with Crippen molar-refractivity contribution in [2.75, 3.05) is 10.6 Å². The Kier molecular flexibility index (Phi) is 3.51. The Morgan fingerprint density at radius 3 is 2.56 bits per heavy atom. The van der Waals surface area contributed by atoms with Crippen LogP contribution in [0.5, 0.6) is 0 Å². The summed E-state index contributed by atoms with van der Waals surface area (Å²) in [5.74, 6) is -1.58. The van der Waals surface area contributed by atoms with Crippen LogP contribution in [0.15, 0.2) is 18.2 Å². The molecule has 1 rings (SSSR count). The number of aryl methyl sites for hydroxylation is 1. The molecule has 0 unspecified atom stereocenters. The third kappa shape index (κ3) is 2.94. The molecule has 1 aromatic rings. The molecule has 0 spiro atoms. The monoisotopic (exact) mass is 244 g/mol. The maximum atomic E-state index is 11.2. The maximum absolute atomic E-state index is 11.2. The van der Waals surface area contributed by atoms with E-state index in [1.54, 1.807) is 6.92 Å². The molecular weight excluding hydrogens is 232 g/mol. The summed E-state index contributed by atoms with van der Waals surface area (Å²) in [6.45, 7) is 1.61. The number of carboxylic acid groups (broad SMARTS) is 1. The molecule has 16 heavy (non-hydrogen) atoms. The standard InChI is InChI=1S/C9H12N2O4S/c1-6-4-7(9(12)13)2-3-8(6)11-16(14,15)5-10/h2-4,11H,5,10H2,1H3,(H,12,13). The first kappa shape index (κ1) is 12.5.